The van der Waals surface area contributed by atoms with Gasteiger partial charge in [-0.2, -0.15) is 0 Å². The fraction of sp³-hybridized carbons (Fsp3) is 0.300. The Labute approximate surface area is 146 Å². The lowest BCUT2D eigenvalue weighted by Gasteiger charge is -2.35. The molecule has 1 aromatic carbocycles. The second kappa shape index (κ2) is 5.70. The first-order valence-corrected chi connectivity index (χ1v) is 8.87. The van der Waals surface area contributed by atoms with Crippen LogP contribution in [0.4, 0.5) is 0 Å². The maximum absolute atomic E-state index is 13.0. The molecule has 5 rings (SSSR count). The van der Waals surface area contributed by atoms with Crippen molar-refractivity contribution in [2.75, 3.05) is 13.1 Å². The Hall–Kier alpha value is -2.66. The van der Waals surface area contributed by atoms with Crippen LogP contribution in [0.3, 0.4) is 0 Å². The smallest absolute Gasteiger partial charge is 0.255 e. The zero-order chi connectivity index (χ0) is 16.8. The highest BCUT2D eigenvalue weighted by molar-refractivity contribution is 5.95. The molecular weight excluding hydrogens is 312 g/mol. The van der Waals surface area contributed by atoms with Gasteiger partial charge in [-0.15, -0.1) is 0 Å². The van der Waals surface area contributed by atoms with Crippen molar-refractivity contribution in [2.45, 2.75) is 24.9 Å². The minimum Gasteiger partial charge on any atom is -0.330 e. The van der Waals surface area contributed by atoms with E-state index in [1.807, 2.05) is 59.3 Å². The van der Waals surface area contributed by atoms with Gasteiger partial charge < -0.3 is 14.6 Å². The lowest BCUT2D eigenvalue weighted by molar-refractivity contribution is 0.0619. The fourth-order valence-corrected chi connectivity index (χ4v) is 4.13. The lowest BCUT2D eigenvalue weighted by atomic mass is 10.1. The molecule has 25 heavy (non-hydrogen) atoms. The number of fused-ring (bicyclic) bond motifs is 3. The lowest BCUT2D eigenvalue weighted by Crippen LogP contribution is -2.54. The highest BCUT2D eigenvalue weighted by atomic mass is 16.2. The van der Waals surface area contributed by atoms with Crippen molar-refractivity contribution in [2.24, 2.45) is 0 Å². The first kappa shape index (κ1) is 14.7. The number of amides is 1. The number of nitrogens with one attached hydrogen (secondary N) is 1. The predicted octanol–water partition coefficient (Wildman–Crippen LogP) is 2.58. The van der Waals surface area contributed by atoms with Gasteiger partial charge in [0.25, 0.3) is 5.91 Å². The normalized spacial score (nSPS) is 22.5. The van der Waals surface area contributed by atoms with Crippen molar-refractivity contribution in [3.05, 3.63) is 60.4 Å². The average molecular weight is 332 g/mol. The number of imidazole rings is 1. The zero-order valence-electron chi connectivity index (χ0n) is 13.9. The van der Waals surface area contributed by atoms with Gasteiger partial charge in [0.2, 0.25) is 0 Å². The molecule has 2 saturated heterocycles. The van der Waals surface area contributed by atoms with E-state index < -0.39 is 0 Å². The first-order valence-electron chi connectivity index (χ1n) is 8.87. The Bertz CT molecular complexity index is 917. The van der Waals surface area contributed by atoms with Crippen LogP contribution in [0.2, 0.25) is 0 Å². The van der Waals surface area contributed by atoms with E-state index in [1.54, 1.807) is 0 Å². The minimum atomic E-state index is 0.144. The van der Waals surface area contributed by atoms with Crippen molar-refractivity contribution in [1.82, 2.24) is 19.6 Å². The van der Waals surface area contributed by atoms with E-state index in [4.69, 9.17) is 0 Å². The molecular formula is C20H20N4O. The third-order valence-corrected chi connectivity index (χ3v) is 5.38. The van der Waals surface area contributed by atoms with Crippen LogP contribution in [-0.4, -0.2) is 45.4 Å². The highest BCUT2D eigenvalue weighted by Gasteiger charge is 2.39. The van der Waals surface area contributed by atoms with E-state index in [2.05, 4.69) is 15.2 Å². The summed E-state index contributed by atoms with van der Waals surface area (Å²) in [4.78, 5) is 19.8. The van der Waals surface area contributed by atoms with E-state index in [-0.39, 0.29) is 5.91 Å². The Balaban J connectivity index is 1.49. The van der Waals surface area contributed by atoms with Gasteiger partial charge in [-0.25, -0.2) is 4.98 Å². The maximum Gasteiger partial charge on any atom is 0.255 e. The molecule has 1 N–H and O–H groups in total. The van der Waals surface area contributed by atoms with E-state index >= 15 is 0 Å². The Morgan fingerprint density at radius 3 is 2.52 bits per heavy atom. The molecule has 5 heteroatoms. The molecule has 0 spiro atoms. The number of carbonyl (C=O) groups is 1. The summed E-state index contributed by atoms with van der Waals surface area (Å²) in [6.07, 6.45) is 6.12. The van der Waals surface area contributed by atoms with Gasteiger partial charge in [-0.1, -0.05) is 30.3 Å². The van der Waals surface area contributed by atoms with Gasteiger partial charge in [-0.3, -0.25) is 4.79 Å². The van der Waals surface area contributed by atoms with Gasteiger partial charge in [0, 0.05) is 43.1 Å². The van der Waals surface area contributed by atoms with Gasteiger partial charge in [0.05, 0.1) is 11.3 Å². The monoisotopic (exact) mass is 332 g/mol. The van der Waals surface area contributed by atoms with Crippen molar-refractivity contribution < 1.29 is 4.79 Å². The SMILES string of the molecule is O=C(c1ccc2nc(-c3ccccc3)cn2c1)N1[C@@H]2CC[C@H]1CNC2. The van der Waals surface area contributed by atoms with Crippen LogP contribution < -0.4 is 5.32 Å². The first-order chi connectivity index (χ1) is 12.3. The summed E-state index contributed by atoms with van der Waals surface area (Å²) in [6, 6.07) is 14.6. The van der Waals surface area contributed by atoms with Crippen LogP contribution in [0.5, 0.6) is 0 Å². The molecule has 3 aromatic rings. The van der Waals surface area contributed by atoms with Crippen LogP contribution in [0.1, 0.15) is 23.2 Å². The molecule has 2 aromatic heterocycles. The standard InChI is InChI=1S/C20H20N4O/c25-20(24-16-7-8-17(24)11-21-10-16)15-6-9-19-22-18(13-23(19)12-15)14-4-2-1-3-5-14/h1-6,9,12-13,16-17,21H,7-8,10-11H2/t16-,17+. The van der Waals surface area contributed by atoms with Crippen LogP contribution in [0.15, 0.2) is 54.9 Å². The molecule has 4 heterocycles. The predicted molar refractivity (Wildman–Crippen MR) is 96.5 cm³/mol. The van der Waals surface area contributed by atoms with Gasteiger partial charge in [0.15, 0.2) is 0 Å². The number of piperazine rings is 1. The summed E-state index contributed by atoms with van der Waals surface area (Å²) in [5, 5.41) is 3.43. The second-order valence-electron chi connectivity index (χ2n) is 6.93. The van der Waals surface area contributed by atoms with Crippen LogP contribution in [-0.2, 0) is 0 Å². The molecule has 5 nitrogen and oxygen atoms in total. The maximum atomic E-state index is 13.0. The molecule has 2 bridgehead atoms. The molecule has 126 valence electrons. The molecule has 2 fully saturated rings. The molecule has 0 unspecified atom stereocenters. The van der Waals surface area contributed by atoms with Crippen LogP contribution >= 0.6 is 0 Å². The number of benzene rings is 1. The van der Waals surface area contributed by atoms with Crippen molar-refractivity contribution in [3.8, 4) is 11.3 Å². The largest absolute Gasteiger partial charge is 0.330 e. The second-order valence-corrected chi connectivity index (χ2v) is 6.93. The van der Waals surface area contributed by atoms with Crippen LogP contribution in [0, 0.1) is 0 Å². The number of pyridine rings is 1. The average Bonchev–Trinajstić information content (AvgIpc) is 3.19. The quantitative estimate of drug-likeness (QED) is 0.785. The molecule has 2 aliphatic heterocycles. The summed E-state index contributed by atoms with van der Waals surface area (Å²) in [7, 11) is 0. The number of hydrogen-bond acceptors (Lipinski definition) is 3. The van der Waals surface area contributed by atoms with Crippen LogP contribution in [0.25, 0.3) is 16.9 Å². The Kier molecular flexibility index (Phi) is 3.35. The molecule has 0 radical (unpaired) electrons. The summed E-state index contributed by atoms with van der Waals surface area (Å²) < 4.78 is 1.96. The van der Waals surface area contributed by atoms with E-state index in [0.717, 1.165) is 48.4 Å². The highest BCUT2D eigenvalue weighted by Crippen LogP contribution is 2.28. The van der Waals surface area contributed by atoms with Crippen molar-refractivity contribution in [1.29, 1.82) is 0 Å². The van der Waals surface area contributed by atoms with E-state index in [0.29, 0.717) is 12.1 Å². The van der Waals surface area contributed by atoms with Crippen molar-refractivity contribution >= 4 is 11.6 Å². The third kappa shape index (κ3) is 2.43. The molecule has 2 aliphatic rings. The van der Waals surface area contributed by atoms with Crippen molar-refractivity contribution in [3.63, 3.8) is 0 Å². The summed E-state index contributed by atoms with van der Waals surface area (Å²) in [6.45, 7) is 1.82. The zero-order valence-corrected chi connectivity index (χ0v) is 13.9. The minimum absolute atomic E-state index is 0.144. The van der Waals surface area contributed by atoms with E-state index in [1.165, 1.54) is 0 Å². The number of hydrogen-bond donors (Lipinski definition) is 1. The summed E-state index contributed by atoms with van der Waals surface area (Å²) >= 11 is 0. The van der Waals surface area contributed by atoms with Gasteiger partial charge in [-0.05, 0) is 25.0 Å². The summed E-state index contributed by atoms with van der Waals surface area (Å²) in [5.41, 5.74) is 3.61. The Morgan fingerprint density at radius 2 is 1.76 bits per heavy atom. The number of rotatable bonds is 2. The number of carbonyl (C=O) groups excluding carboxylic acids is 1. The summed E-state index contributed by atoms with van der Waals surface area (Å²) in [5.74, 6) is 0.144. The van der Waals surface area contributed by atoms with Gasteiger partial charge >= 0.3 is 0 Å². The molecule has 1 amide bonds. The topological polar surface area (TPSA) is 49.6 Å². The number of nitrogens with zero attached hydrogens (tertiary/aromatic N) is 3. The molecule has 2 atom stereocenters. The molecule has 0 saturated carbocycles. The third-order valence-electron chi connectivity index (χ3n) is 5.38. The van der Waals surface area contributed by atoms with E-state index in [9.17, 15) is 4.79 Å². The number of aromatic nitrogens is 2. The van der Waals surface area contributed by atoms with Gasteiger partial charge in [0.1, 0.15) is 5.65 Å². The Morgan fingerprint density at radius 1 is 1.00 bits per heavy atom. The fourth-order valence-electron chi connectivity index (χ4n) is 4.13. The molecule has 0 aliphatic carbocycles.